The third kappa shape index (κ3) is 7.36. The summed E-state index contributed by atoms with van der Waals surface area (Å²) < 4.78 is 17.2. The van der Waals surface area contributed by atoms with E-state index >= 15 is 0 Å². The number of amides is 3. The fraction of sp³-hybridized carbons (Fsp3) is 0.316. The number of methoxy groups -OCH3 is 1. The van der Waals surface area contributed by atoms with Crippen LogP contribution in [-0.2, 0) is 30.3 Å². The zero-order valence-electron chi connectivity index (χ0n) is 27.9. The van der Waals surface area contributed by atoms with E-state index in [0.29, 0.717) is 47.6 Å². The second kappa shape index (κ2) is 14.2. The highest BCUT2D eigenvalue weighted by Crippen LogP contribution is 2.45. The molecule has 3 aromatic carbocycles. The van der Waals surface area contributed by atoms with Crippen LogP contribution >= 0.6 is 11.8 Å². The van der Waals surface area contributed by atoms with Gasteiger partial charge < -0.3 is 24.8 Å². The van der Waals surface area contributed by atoms with Gasteiger partial charge in [-0.2, -0.15) is 0 Å². The molecule has 3 aromatic rings. The maximum atomic E-state index is 14.6. The second-order valence-corrected chi connectivity index (χ2v) is 14.1. The molecule has 2 fully saturated rings. The largest absolute Gasteiger partial charge is 0.497 e. The lowest BCUT2D eigenvalue weighted by Crippen LogP contribution is -2.70. The highest BCUT2D eigenvalue weighted by Gasteiger charge is 2.55. The average molecular weight is 682 g/mol. The zero-order chi connectivity index (χ0) is 34.7. The third-order valence-electron chi connectivity index (χ3n) is 8.44. The number of allylic oxidation sites excluding steroid dienone is 1. The van der Waals surface area contributed by atoms with Gasteiger partial charge in [0.25, 0.3) is 5.91 Å². The highest BCUT2D eigenvalue weighted by molar-refractivity contribution is 8.00. The van der Waals surface area contributed by atoms with Gasteiger partial charge in [0.05, 0.1) is 7.11 Å². The minimum Gasteiger partial charge on any atom is -0.497 e. The summed E-state index contributed by atoms with van der Waals surface area (Å²) in [6, 6.07) is 25.4. The number of hydrogen-bond donors (Lipinski definition) is 2. The van der Waals surface area contributed by atoms with Crippen molar-refractivity contribution in [3.05, 3.63) is 124 Å². The number of alkyl carbamates (subject to hydrolysis) is 1. The number of esters is 1. The van der Waals surface area contributed by atoms with Crippen LogP contribution < -0.4 is 15.4 Å². The van der Waals surface area contributed by atoms with Gasteiger partial charge in [-0.25, -0.2) is 9.59 Å². The van der Waals surface area contributed by atoms with E-state index in [1.807, 2.05) is 84.9 Å². The molecule has 11 heteroatoms. The molecular weight excluding hydrogens is 642 g/mol. The Kier molecular flexibility index (Phi) is 9.82. The van der Waals surface area contributed by atoms with Crippen LogP contribution in [0.2, 0.25) is 0 Å². The van der Waals surface area contributed by atoms with Gasteiger partial charge in [-0.1, -0.05) is 72.8 Å². The van der Waals surface area contributed by atoms with Crippen molar-refractivity contribution in [2.45, 2.75) is 56.7 Å². The Balaban J connectivity index is 1.44. The molecule has 0 bridgehead atoms. The van der Waals surface area contributed by atoms with Crippen LogP contribution in [0.5, 0.6) is 5.75 Å². The van der Waals surface area contributed by atoms with Crippen LogP contribution in [0.1, 0.15) is 50.0 Å². The van der Waals surface area contributed by atoms with Crippen molar-refractivity contribution in [3.63, 3.8) is 0 Å². The lowest BCUT2D eigenvalue weighted by atomic mass is 9.90. The molecule has 2 saturated heterocycles. The molecule has 0 aromatic heterocycles. The Morgan fingerprint density at radius 2 is 1.65 bits per heavy atom. The molecule has 0 radical (unpaired) electrons. The molecule has 3 heterocycles. The van der Waals surface area contributed by atoms with Gasteiger partial charge in [0.2, 0.25) is 5.91 Å². The van der Waals surface area contributed by atoms with Gasteiger partial charge >= 0.3 is 12.1 Å². The van der Waals surface area contributed by atoms with Crippen molar-refractivity contribution in [1.29, 1.82) is 0 Å². The fourth-order valence-corrected chi connectivity index (χ4v) is 7.60. The van der Waals surface area contributed by atoms with Crippen LogP contribution in [-0.4, -0.2) is 65.2 Å². The molecule has 2 N–H and O–H groups in total. The summed E-state index contributed by atoms with van der Waals surface area (Å²) in [4.78, 5) is 55.9. The Hall–Kier alpha value is -5.03. The number of carbonyl (C=O) groups is 4. The lowest BCUT2D eigenvalue weighted by molar-refractivity contribution is -0.153. The van der Waals surface area contributed by atoms with Crippen molar-refractivity contribution >= 4 is 35.6 Å². The van der Waals surface area contributed by atoms with E-state index in [2.05, 4.69) is 10.6 Å². The second-order valence-electron chi connectivity index (χ2n) is 13.0. The normalized spacial score (nSPS) is 19.9. The fourth-order valence-electron chi connectivity index (χ4n) is 6.21. The number of nitrogens with one attached hydrogen (secondary N) is 2. The molecule has 3 aliphatic rings. The molecule has 0 spiro atoms. The molecule has 2 atom stereocenters. The minimum atomic E-state index is -0.910. The lowest BCUT2D eigenvalue weighted by Gasteiger charge is -2.50. The van der Waals surface area contributed by atoms with Crippen LogP contribution in [0.15, 0.2) is 107 Å². The Morgan fingerprint density at radius 3 is 2.24 bits per heavy atom. The first kappa shape index (κ1) is 33.9. The third-order valence-corrected chi connectivity index (χ3v) is 9.72. The quantitative estimate of drug-likeness (QED) is 0.174. The molecule has 254 valence electrons. The summed E-state index contributed by atoms with van der Waals surface area (Å²) in [7, 11) is 1.59. The maximum absolute atomic E-state index is 14.6. The summed E-state index contributed by atoms with van der Waals surface area (Å²) in [5.74, 6) is -0.430. The van der Waals surface area contributed by atoms with E-state index in [-0.39, 0.29) is 11.6 Å². The first-order valence-electron chi connectivity index (χ1n) is 16.2. The van der Waals surface area contributed by atoms with Crippen molar-refractivity contribution in [2.75, 3.05) is 19.4 Å². The highest BCUT2D eigenvalue weighted by atomic mass is 32.2. The van der Waals surface area contributed by atoms with Gasteiger partial charge in [0, 0.05) is 17.9 Å². The van der Waals surface area contributed by atoms with E-state index in [4.69, 9.17) is 14.2 Å². The number of carbonyl (C=O) groups excluding carboxylic acids is 4. The Morgan fingerprint density at radius 1 is 0.980 bits per heavy atom. The molecule has 3 amide bonds. The Labute approximate surface area is 289 Å². The van der Waals surface area contributed by atoms with Crippen molar-refractivity contribution in [2.24, 2.45) is 0 Å². The van der Waals surface area contributed by atoms with E-state index < -0.39 is 41.1 Å². The van der Waals surface area contributed by atoms with E-state index in [1.165, 1.54) is 16.7 Å². The molecule has 6 rings (SSSR count). The SMILES string of the molecule is COc1cccc(CC(=C2CCNC2=O)C2=C(C(=O)OC(c3ccccc3)c3ccccc3)N3C(=O)[C@@H](NC(=O)OC(C)(C)C)[C@H]3SC2)c1. The van der Waals surface area contributed by atoms with Gasteiger partial charge in [0.1, 0.15) is 28.5 Å². The molecule has 0 unspecified atom stereocenters. The van der Waals surface area contributed by atoms with E-state index in [9.17, 15) is 19.2 Å². The van der Waals surface area contributed by atoms with Crippen molar-refractivity contribution in [1.82, 2.24) is 15.5 Å². The predicted molar refractivity (Wildman–Crippen MR) is 185 cm³/mol. The summed E-state index contributed by atoms with van der Waals surface area (Å²) >= 11 is 1.41. The number of β-lactam (4-membered cyclic amide) rings is 1. The number of nitrogens with zero attached hydrogens (tertiary/aromatic N) is 1. The van der Waals surface area contributed by atoms with Gasteiger partial charge in [-0.15, -0.1) is 11.8 Å². The Bertz CT molecular complexity index is 1780. The first-order valence-corrected chi connectivity index (χ1v) is 17.2. The molecule has 10 nitrogen and oxygen atoms in total. The van der Waals surface area contributed by atoms with Crippen LogP contribution in [0.3, 0.4) is 0 Å². The topological polar surface area (TPSA) is 123 Å². The molecule has 0 aliphatic carbocycles. The predicted octanol–water partition coefficient (Wildman–Crippen LogP) is 5.45. The summed E-state index contributed by atoms with van der Waals surface area (Å²) in [5, 5.41) is 5.01. The van der Waals surface area contributed by atoms with Crippen molar-refractivity contribution < 1.29 is 33.4 Å². The van der Waals surface area contributed by atoms with E-state index in [1.54, 1.807) is 27.9 Å². The molecule has 0 saturated carbocycles. The summed E-state index contributed by atoms with van der Waals surface area (Å²) in [5.41, 5.74) is 3.47. The standard InChI is InChI=1S/C38H39N3O7S/c1-38(2,3)48-37(45)40-30-34(43)41-31(36(44)47-32(24-13-7-5-8-14-24)25-15-9-6-10-16-25)29(22-49-35(30)41)28(27-18-19-39-33(27)42)21-23-12-11-17-26(20-23)46-4/h5-17,20,30,32,35H,18-19,21-22H2,1-4H3,(H,39,42)(H,40,45)/t30-,35-/m1/s1. The van der Waals surface area contributed by atoms with Crippen LogP contribution in [0.4, 0.5) is 4.79 Å². The van der Waals surface area contributed by atoms with Crippen molar-refractivity contribution in [3.8, 4) is 5.75 Å². The van der Waals surface area contributed by atoms with Crippen LogP contribution in [0, 0.1) is 0 Å². The number of fused-ring (bicyclic) bond motifs is 1. The minimum absolute atomic E-state index is 0.0675. The monoisotopic (exact) mass is 681 g/mol. The average Bonchev–Trinajstić information content (AvgIpc) is 3.53. The summed E-state index contributed by atoms with van der Waals surface area (Å²) in [6.07, 6.45) is -0.708. The van der Waals surface area contributed by atoms with Crippen LogP contribution in [0.25, 0.3) is 0 Å². The first-order chi connectivity index (χ1) is 23.5. The smallest absolute Gasteiger partial charge is 0.408 e. The van der Waals surface area contributed by atoms with Gasteiger partial charge in [0.15, 0.2) is 6.10 Å². The number of ether oxygens (including phenoxy) is 3. The van der Waals surface area contributed by atoms with Gasteiger partial charge in [-0.05, 0) is 73.6 Å². The summed E-state index contributed by atoms with van der Waals surface area (Å²) in [6.45, 7) is 5.69. The number of benzene rings is 3. The number of rotatable bonds is 9. The molecule has 49 heavy (non-hydrogen) atoms. The maximum Gasteiger partial charge on any atom is 0.408 e. The molecular formula is C38H39N3O7S. The number of thioether (sulfide) groups is 1. The molecule has 3 aliphatic heterocycles. The zero-order valence-corrected chi connectivity index (χ0v) is 28.7. The number of hydrogen-bond acceptors (Lipinski definition) is 8. The van der Waals surface area contributed by atoms with Gasteiger partial charge in [-0.3, -0.25) is 14.5 Å². The van der Waals surface area contributed by atoms with E-state index in [0.717, 1.165) is 16.7 Å².